The van der Waals surface area contributed by atoms with E-state index in [2.05, 4.69) is 0 Å². The van der Waals surface area contributed by atoms with Crippen LogP contribution in [0.2, 0.25) is 0 Å². The highest BCUT2D eigenvalue weighted by Crippen LogP contribution is 2.37. The lowest BCUT2D eigenvalue weighted by Gasteiger charge is -2.30. The highest BCUT2D eigenvalue weighted by molar-refractivity contribution is 5.66. The van der Waals surface area contributed by atoms with Crippen LogP contribution in [0.4, 0.5) is 8.78 Å². The number of rotatable bonds is 6. The lowest BCUT2D eigenvalue weighted by atomic mass is 9.81. The molecule has 3 nitrogen and oxygen atoms in total. The zero-order valence-electron chi connectivity index (χ0n) is 11.8. The largest absolute Gasteiger partial charge is 0.481 e. The molecule has 0 aromatic heterocycles. The Bertz CT molecular complexity index is 625. The summed E-state index contributed by atoms with van der Waals surface area (Å²) in [7, 11) is 0. The lowest BCUT2D eigenvalue weighted by molar-refractivity contribution is -0.137. The number of hydrogen-bond donors (Lipinski definition) is 2. The minimum Gasteiger partial charge on any atom is -0.481 e. The fourth-order valence-corrected chi connectivity index (χ4v) is 2.50. The zero-order chi connectivity index (χ0) is 16.2. The van der Waals surface area contributed by atoms with Gasteiger partial charge in [0.15, 0.2) is 0 Å². The molecule has 0 atom stereocenters. The highest BCUT2D eigenvalue weighted by atomic mass is 19.1. The number of carboxylic acid groups (broad SMARTS) is 1. The van der Waals surface area contributed by atoms with Gasteiger partial charge in [0, 0.05) is 17.5 Å². The van der Waals surface area contributed by atoms with Crippen LogP contribution in [0.1, 0.15) is 30.4 Å². The van der Waals surface area contributed by atoms with Gasteiger partial charge in [-0.05, 0) is 25.0 Å². The van der Waals surface area contributed by atoms with Crippen LogP contribution in [0.25, 0.3) is 0 Å². The first kappa shape index (κ1) is 16.1. The maximum Gasteiger partial charge on any atom is 0.303 e. The minimum atomic E-state index is -1.91. The van der Waals surface area contributed by atoms with E-state index >= 15 is 0 Å². The molecular formula is C17H16F2O3. The first-order chi connectivity index (χ1) is 10.4. The number of hydrogen-bond acceptors (Lipinski definition) is 2. The Morgan fingerprint density at radius 2 is 1.41 bits per heavy atom. The van der Waals surface area contributed by atoms with E-state index in [0.29, 0.717) is 0 Å². The molecule has 0 heterocycles. The van der Waals surface area contributed by atoms with Crippen molar-refractivity contribution in [2.75, 3.05) is 0 Å². The van der Waals surface area contributed by atoms with Gasteiger partial charge in [0.2, 0.25) is 0 Å². The Kier molecular flexibility index (Phi) is 4.88. The monoisotopic (exact) mass is 306 g/mol. The van der Waals surface area contributed by atoms with Crippen LogP contribution >= 0.6 is 0 Å². The van der Waals surface area contributed by atoms with E-state index in [-0.39, 0.29) is 30.4 Å². The third-order valence-electron chi connectivity index (χ3n) is 3.57. The molecular weight excluding hydrogens is 290 g/mol. The van der Waals surface area contributed by atoms with Crippen LogP contribution in [-0.4, -0.2) is 16.2 Å². The summed E-state index contributed by atoms with van der Waals surface area (Å²) in [4.78, 5) is 10.7. The summed E-state index contributed by atoms with van der Waals surface area (Å²) in [5.41, 5.74) is -2.04. The van der Waals surface area contributed by atoms with Gasteiger partial charge >= 0.3 is 5.97 Å². The molecule has 0 spiro atoms. The Morgan fingerprint density at radius 1 is 0.955 bits per heavy atom. The van der Waals surface area contributed by atoms with Crippen molar-refractivity contribution >= 4 is 5.97 Å². The van der Waals surface area contributed by atoms with Gasteiger partial charge in [-0.2, -0.15) is 0 Å². The van der Waals surface area contributed by atoms with Gasteiger partial charge in [-0.25, -0.2) is 8.78 Å². The van der Waals surface area contributed by atoms with Crippen LogP contribution < -0.4 is 0 Å². The predicted octanol–water partition coefficient (Wildman–Crippen LogP) is 3.46. The number of aliphatic carboxylic acids is 1. The highest BCUT2D eigenvalue weighted by Gasteiger charge is 2.35. The van der Waals surface area contributed by atoms with Crippen molar-refractivity contribution in [3.63, 3.8) is 0 Å². The molecule has 0 amide bonds. The fraction of sp³-hybridized carbons (Fsp3) is 0.235. The van der Waals surface area contributed by atoms with Crippen molar-refractivity contribution in [1.82, 2.24) is 0 Å². The molecule has 0 saturated heterocycles. The third kappa shape index (κ3) is 3.31. The molecule has 0 aliphatic rings. The standard InChI is InChI=1S/C17H16F2O3/c18-14-8-3-1-6-12(14)17(22,11-5-10-16(20)21)13-7-2-4-9-15(13)19/h1-4,6-9,22H,5,10-11H2,(H,20,21). The van der Waals surface area contributed by atoms with E-state index < -0.39 is 23.2 Å². The normalized spacial score (nSPS) is 11.4. The second-order valence-electron chi connectivity index (χ2n) is 5.07. The summed E-state index contributed by atoms with van der Waals surface area (Å²) in [6, 6.07) is 11.1. The summed E-state index contributed by atoms with van der Waals surface area (Å²) in [5, 5.41) is 19.7. The molecule has 2 rings (SSSR count). The van der Waals surface area contributed by atoms with Gasteiger partial charge < -0.3 is 10.2 Å². The summed E-state index contributed by atoms with van der Waals surface area (Å²) in [6.45, 7) is 0. The fourth-order valence-electron chi connectivity index (χ4n) is 2.50. The van der Waals surface area contributed by atoms with Crippen LogP contribution in [0.5, 0.6) is 0 Å². The van der Waals surface area contributed by atoms with Crippen LogP contribution in [0.15, 0.2) is 48.5 Å². The van der Waals surface area contributed by atoms with Crippen molar-refractivity contribution in [3.8, 4) is 0 Å². The lowest BCUT2D eigenvalue weighted by Crippen LogP contribution is -2.30. The summed E-state index contributed by atoms with van der Waals surface area (Å²) in [6.07, 6.45) is -0.194. The molecule has 22 heavy (non-hydrogen) atoms. The smallest absolute Gasteiger partial charge is 0.303 e. The molecule has 0 aliphatic carbocycles. The molecule has 0 fully saturated rings. The van der Waals surface area contributed by atoms with Crippen LogP contribution in [0, 0.1) is 11.6 Å². The zero-order valence-corrected chi connectivity index (χ0v) is 11.8. The Labute approximate surface area is 126 Å². The first-order valence-corrected chi connectivity index (χ1v) is 6.89. The van der Waals surface area contributed by atoms with Crippen molar-refractivity contribution in [2.24, 2.45) is 0 Å². The van der Waals surface area contributed by atoms with Gasteiger partial charge in [-0.3, -0.25) is 4.79 Å². The molecule has 0 bridgehead atoms. The molecule has 116 valence electrons. The molecule has 2 aromatic carbocycles. The molecule has 0 saturated carbocycles. The van der Waals surface area contributed by atoms with Crippen molar-refractivity contribution in [2.45, 2.75) is 24.9 Å². The third-order valence-corrected chi connectivity index (χ3v) is 3.57. The number of aliphatic hydroxyl groups is 1. The van der Waals surface area contributed by atoms with E-state index in [0.717, 1.165) is 0 Å². The topological polar surface area (TPSA) is 57.5 Å². The number of halogens is 2. The molecule has 0 radical (unpaired) electrons. The summed E-state index contributed by atoms with van der Waals surface area (Å²) < 4.78 is 28.2. The van der Waals surface area contributed by atoms with E-state index in [1.165, 1.54) is 36.4 Å². The summed E-state index contributed by atoms with van der Waals surface area (Å²) >= 11 is 0. The van der Waals surface area contributed by atoms with Crippen LogP contribution in [0.3, 0.4) is 0 Å². The first-order valence-electron chi connectivity index (χ1n) is 6.89. The predicted molar refractivity (Wildman–Crippen MR) is 77.3 cm³/mol. The molecule has 0 unspecified atom stereocenters. The molecule has 2 N–H and O–H groups in total. The van der Waals surface area contributed by atoms with E-state index in [1.807, 2.05) is 0 Å². The summed E-state index contributed by atoms with van der Waals surface area (Å²) in [5.74, 6) is -2.35. The maximum absolute atomic E-state index is 14.1. The maximum atomic E-state index is 14.1. The van der Waals surface area contributed by atoms with Crippen LogP contribution in [-0.2, 0) is 10.4 Å². The van der Waals surface area contributed by atoms with Gasteiger partial charge in [0.05, 0.1) is 0 Å². The second-order valence-corrected chi connectivity index (χ2v) is 5.07. The average molecular weight is 306 g/mol. The Hall–Kier alpha value is -2.27. The SMILES string of the molecule is O=C(O)CCCC(O)(c1ccccc1F)c1ccccc1F. The number of carboxylic acids is 1. The van der Waals surface area contributed by atoms with Crippen molar-refractivity contribution in [1.29, 1.82) is 0 Å². The Morgan fingerprint density at radius 3 is 1.82 bits per heavy atom. The van der Waals surface area contributed by atoms with Gasteiger partial charge in [-0.15, -0.1) is 0 Å². The van der Waals surface area contributed by atoms with Gasteiger partial charge in [0.25, 0.3) is 0 Å². The quantitative estimate of drug-likeness (QED) is 0.859. The van der Waals surface area contributed by atoms with E-state index in [9.17, 15) is 18.7 Å². The molecule has 5 heteroatoms. The minimum absolute atomic E-state index is 0.0644. The second kappa shape index (κ2) is 6.66. The number of carbonyl (C=O) groups is 1. The van der Waals surface area contributed by atoms with E-state index in [1.54, 1.807) is 12.1 Å². The van der Waals surface area contributed by atoms with Crippen molar-refractivity contribution < 1.29 is 23.8 Å². The van der Waals surface area contributed by atoms with Crippen molar-refractivity contribution in [3.05, 3.63) is 71.3 Å². The number of benzene rings is 2. The average Bonchev–Trinajstić information content (AvgIpc) is 2.47. The van der Waals surface area contributed by atoms with E-state index in [4.69, 9.17) is 5.11 Å². The Balaban J connectivity index is 2.47. The van der Waals surface area contributed by atoms with Gasteiger partial charge in [-0.1, -0.05) is 36.4 Å². The van der Waals surface area contributed by atoms with Gasteiger partial charge in [0.1, 0.15) is 17.2 Å². The molecule has 2 aromatic rings. The molecule has 0 aliphatic heterocycles.